The van der Waals surface area contributed by atoms with E-state index in [1.807, 2.05) is 47.4 Å². The molecule has 0 bridgehead atoms. The van der Waals surface area contributed by atoms with Crippen molar-refractivity contribution in [1.29, 1.82) is 0 Å². The smallest absolute Gasteiger partial charge is 0.228 e. The van der Waals surface area contributed by atoms with E-state index in [2.05, 4.69) is 24.1 Å². The minimum absolute atomic E-state index is 0.0120. The van der Waals surface area contributed by atoms with Crippen LogP contribution in [0, 0.1) is 5.92 Å². The fraction of sp³-hybridized carbons (Fsp3) is 0.391. The number of carbonyl (C=O) groups is 2. The van der Waals surface area contributed by atoms with Crippen molar-refractivity contribution in [1.82, 2.24) is 9.80 Å². The molecule has 6 nitrogen and oxygen atoms in total. The molecule has 152 valence electrons. The van der Waals surface area contributed by atoms with Crippen LogP contribution in [0.1, 0.15) is 18.0 Å². The Morgan fingerprint density at radius 3 is 2.59 bits per heavy atom. The van der Waals surface area contributed by atoms with Gasteiger partial charge in [-0.2, -0.15) is 0 Å². The van der Waals surface area contributed by atoms with Crippen LogP contribution >= 0.6 is 0 Å². The SMILES string of the molecule is COc1cccc(N2CC(C(=O)N3CCN(C)CC3c3ccccc3)CC2=O)c1. The Morgan fingerprint density at radius 1 is 1.03 bits per heavy atom. The second kappa shape index (κ2) is 8.25. The fourth-order valence-electron chi connectivity index (χ4n) is 4.28. The number of hydrogen-bond acceptors (Lipinski definition) is 4. The second-order valence-electron chi connectivity index (χ2n) is 7.83. The van der Waals surface area contributed by atoms with Gasteiger partial charge in [0.25, 0.3) is 0 Å². The highest BCUT2D eigenvalue weighted by Crippen LogP contribution is 2.32. The van der Waals surface area contributed by atoms with Gasteiger partial charge in [0.1, 0.15) is 5.75 Å². The van der Waals surface area contributed by atoms with Crippen molar-refractivity contribution in [3.05, 3.63) is 60.2 Å². The van der Waals surface area contributed by atoms with Crippen LogP contribution < -0.4 is 9.64 Å². The summed E-state index contributed by atoms with van der Waals surface area (Å²) in [4.78, 5) is 32.1. The monoisotopic (exact) mass is 393 g/mol. The molecule has 0 spiro atoms. The molecule has 2 aromatic carbocycles. The number of anilines is 1. The van der Waals surface area contributed by atoms with Crippen LogP contribution in [0.2, 0.25) is 0 Å². The summed E-state index contributed by atoms with van der Waals surface area (Å²) in [5, 5.41) is 0. The minimum Gasteiger partial charge on any atom is -0.497 e. The van der Waals surface area contributed by atoms with Crippen molar-refractivity contribution in [3.63, 3.8) is 0 Å². The van der Waals surface area contributed by atoms with Gasteiger partial charge >= 0.3 is 0 Å². The third-order valence-corrected chi connectivity index (χ3v) is 5.89. The summed E-state index contributed by atoms with van der Waals surface area (Å²) < 4.78 is 5.27. The first-order chi connectivity index (χ1) is 14.1. The lowest BCUT2D eigenvalue weighted by molar-refractivity contribution is -0.140. The van der Waals surface area contributed by atoms with Gasteiger partial charge in [0.2, 0.25) is 11.8 Å². The molecule has 2 aliphatic rings. The molecule has 2 aliphatic heterocycles. The van der Waals surface area contributed by atoms with E-state index in [-0.39, 0.29) is 30.2 Å². The average Bonchev–Trinajstić information content (AvgIpc) is 3.15. The molecule has 0 saturated carbocycles. The lowest BCUT2D eigenvalue weighted by atomic mass is 9.99. The highest BCUT2D eigenvalue weighted by atomic mass is 16.5. The van der Waals surface area contributed by atoms with Gasteiger partial charge < -0.3 is 19.4 Å². The van der Waals surface area contributed by atoms with Crippen LogP contribution in [0.25, 0.3) is 0 Å². The highest BCUT2D eigenvalue weighted by molar-refractivity contribution is 6.00. The van der Waals surface area contributed by atoms with Crippen molar-refractivity contribution in [2.24, 2.45) is 5.92 Å². The van der Waals surface area contributed by atoms with Crippen LogP contribution in [-0.2, 0) is 9.59 Å². The molecule has 2 atom stereocenters. The van der Waals surface area contributed by atoms with E-state index >= 15 is 0 Å². The highest BCUT2D eigenvalue weighted by Gasteiger charge is 2.40. The molecule has 29 heavy (non-hydrogen) atoms. The summed E-state index contributed by atoms with van der Waals surface area (Å²) in [5.41, 5.74) is 1.92. The topological polar surface area (TPSA) is 53.1 Å². The first-order valence-corrected chi connectivity index (χ1v) is 10.0. The molecule has 0 radical (unpaired) electrons. The van der Waals surface area contributed by atoms with Gasteiger partial charge in [-0.1, -0.05) is 36.4 Å². The molecule has 2 unspecified atom stereocenters. The van der Waals surface area contributed by atoms with Gasteiger partial charge in [-0.25, -0.2) is 0 Å². The van der Waals surface area contributed by atoms with Crippen molar-refractivity contribution in [2.45, 2.75) is 12.5 Å². The molecule has 6 heteroatoms. The third kappa shape index (κ3) is 3.98. The number of likely N-dealkylation sites (N-methyl/N-ethyl adjacent to an activating group) is 1. The quantitative estimate of drug-likeness (QED) is 0.801. The summed E-state index contributed by atoms with van der Waals surface area (Å²) in [6, 6.07) is 17.6. The molecule has 2 amide bonds. The Balaban J connectivity index is 1.53. The van der Waals surface area contributed by atoms with E-state index in [1.54, 1.807) is 12.0 Å². The Morgan fingerprint density at radius 2 is 1.83 bits per heavy atom. The van der Waals surface area contributed by atoms with Crippen LogP contribution in [0.15, 0.2) is 54.6 Å². The summed E-state index contributed by atoms with van der Waals surface area (Å²) in [7, 11) is 3.69. The average molecular weight is 393 g/mol. The summed E-state index contributed by atoms with van der Waals surface area (Å²) >= 11 is 0. The Labute approximate surface area is 171 Å². The third-order valence-electron chi connectivity index (χ3n) is 5.89. The molecule has 0 aromatic heterocycles. The van der Waals surface area contributed by atoms with Crippen LogP contribution in [0.4, 0.5) is 5.69 Å². The van der Waals surface area contributed by atoms with Gasteiger partial charge in [-0.05, 0) is 24.7 Å². The predicted molar refractivity (Wildman–Crippen MR) is 112 cm³/mol. The van der Waals surface area contributed by atoms with Crippen molar-refractivity contribution in [2.75, 3.05) is 45.2 Å². The molecule has 2 saturated heterocycles. The van der Waals surface area contributed by atoms with E-state index in [1.165, 1.54) is 0 Å². The van der Waals surface area contributed by atoms with E-state index in [0.29, 0.717) is 18.8 Å². The van der Waals surface area contributed by atoms with E-state index in [0.717, 1.165) is 24.3 Å². The summed E-state index contributed by atoms with van der Waals surface area (Å²) in [6.45, 7) is 2.74. The normalized spacial score (nSPS) is 22.8. The number of hydrogen-bond donors (Lipinski definition) is 0. The minimum atomic E-state index is -0.316. The van der Waals surface area contributed by atoms with Gasteiger partial charge in [0.15, 0.2) is 0 Å². The first-order valence-electron chi connectivity index (χ1n) is 10.0. The number of amides is 2. The zero-order chi connectivity index (χ0) is 20.4. The van der Waals surface area contributed by atoms with Crippen LogP contribution in [0.5, 0.6) is 5.75 Å². The summed E-state index contributed by atoms with van der Waals surface area (Å²) in [6.07, 6.45) is 0.254. The molecule has 2 fully saturated rings. The Bertz CT molecular complexity index is 886. The Hall–Kier alpha value is -2.86. The maximum absolute atomic E-state index is 13.4. The molecule has 2 aromatic rings. The lowest BCUT2D eigenvalue weighted by Crippen LogP contribution is -2.51. The number of piperazine rings is 1. The van der Waals surface area contributed by atoms with Crippen molar-refractivity contribution in [3.8, 4) is 5.75 Å². The maximum atomic E-state index is 13.4. The maximum Gasteiger partial charge on any atom is 0.228 e. The standard InChI is InChI=1S/C23H27N3O3/c1-24-11-12-25(21(16-24)17-7-4-3-5-8-17)23(28)18-13-22(27)26(15-18)19-9-6-10-20(14-19)29-2/h3-10,14,18,21H,11-13,15-16H2,1-2H3. The molecular weight excluding hydrogens is 366 g/mol. The number of carbonyl (C=O) groups excluding carboxylic acids is 2. The number of methoxy groups -OCH3 is 1. The number of rotatable bonds is 4. The fourth-order valence-corrected chi connectivity index (χ4v) is 4.28. The van der Waals surface area contributed by atoms with Gasteiger partial charge in [0, 0.05) is 44.4 Å². The number of ether oxygens (including phenoxy) is 1. The van der Waals surface area contributed by atoms with Gasteiger partial charge in [-0.15, -0.1) is 0 Å². The molecule has 0 N–H and O–H groups in total. The van der Waals surface area contributed by atoms with E-state index in [4.69, 9.17) is 4.74 Å². The molecule has 4 rings (SSSR count). The Kier molecular flexibility index (Phi) is 5.53. The van der Waals surface area contributed by atoms with Gasteiger partial charge in [0.05, 0.1) is 19.1 Å². The zero-order valence-electron chi connectivity index (χ0n) is 17.0. The molecular formula is C23H27N3O3. The second-order valence-corrected chi connectivity index (χ2v) is 7.83. The van der Waals surface area contributed by atoms with E-state index in [9.17, 15) is 9.59 Å². The van der Waals surface area contributed by atoms with Crippen LogP contribution in [-0.4, -0.2) is 62.0 Å². The van der Waals surface area contributed by atoms with E-state index < -0.39 is 0 Å². The van der Waals surface area contributed by atoms with Crippen molar-refractivity contribution < 1.29 is 14.3 Å². The molecule has 0 aliphatic carbocycles. The number of benzene rings is 2. The lowest BCUT2D eigenvalue weighted by Gasteiger charge is -2.41. The van der Waals surface area contributed by atoms with Gasteiger partial charge in [-0.3, -0.25) is 9.59 Å². The summed E-state index contributed by atoms with van der Waals surface area (Å²) in [5.74, 6) is 0.448. The number of nitrogens with zero attached hydrogens (tertiary/aromatic N) is 3. The predicted octanol–water partition coefficient (Wildman–Crippen LogP) is 2.56. The van der Waals surface area contributed by atoms with Crippen LogP contribution in [0.3, 0.4) is 0 Å². The largest absolute Gasteiger partial charge is 0.497 e. The first kappa shape index (κ1) is 19.5. The zero-order valence-corrected chi connectivity index (χ0v) is 17.0. The molecule has 2 heterocycles. The van der Waals surface area contributed by atoms with Crippen molar-refractivity contribution >= 4 is 17.5 Å².